The summed E-state index contributed by atoms with van der Waals surface area (Å²) in [5, 5.41) is 0. The second-order valence-corrected chi connectivity index (χ2v) is 0.179. The van der Waals surface area contributed by atoms with E-state index in [4.69, 9.17) is 22.1 Å². The maximum Gasteiger partial charge on any atom is 1.00 e. The fraction of sp³-hybridized carbons (Fsp3) is 0. The Morgan fingerprint density at radius 1 is 0.714 bits per heavy atom. The molecule has 0 rings (SSSR count). The Morgan fingerprint density at radius 3 is 0.714 bits per heavy atom. The average Bonchev–Trinajstić information content (AvgIpc) is 1.39. The zero-order valence-electron chi connectivity index (χ0n) is 3.39. The Hall–Kier alpha value is -0.445. The minimum Gasteiger partial charge on any atom is -0.373 e. The number of nitrogens with zero attached hydrogens (tertiary/aromatic N) is 6. The molecular weight excluding hydrogens is 285 g/mol. The quantitative estimate of drug-likeness (QED) is 0.279. The summed E-state index contributed by atoms with van der Waals surface area (Å²) in [4.78, 5) is 3.00. The Balaban J connectivity index is -0.0000000400. The van der Waals surface area contributed by atoms with Crippen LogP contribution in [0, 0.1) is 0 Å². The maximum absolute atomic E-state index is 6.75. The van der Waals surface area contributed by atoms with E-state index in [9.17, 15) is 0 Å². The van der Waals surface area contributed by atoms with Crippen LogP contribution in [0.4, 0.5) is 0 Å². The van der Waals surface area contributed by atoms with Crippen molar-refractivity contribution in [1.29, 1.82) is 0 Å². The van der Waals surface area contributed by atoms with Crippen LogP contribution in [0.5, 0.6) is 0 Å². The molecule has 0 fully saturated rings. The molecule has 0 saturated heterocycles. The molecule has 0 amide bonds. The van der Waals surface area contributed by atoms with Crippen molar-refractivity contribution in [3.8, 4) is 0 Å². The molecule has 0 N–H and O–H groups in total. The largest absolute Gasteiger partial charge is 1.00 e. The molecule has 0 aliphatic carbocycles. The van der Waals surface area contributed by atoms with E-state index < -0.39 is 0 Å². The summed E-state index contributed by atoms with van der Waals surface area (Å²) in [6.45, 7) is 0. The summed E-state index contributed by atoms with van der Waals surface area (Å²) in [6, 6.07) is 0. The van der Waals surface area contributed by atoms with Crippen LogP contribution in [0.3, 0.4) is 0 Å². The van der Waals surface area contributed by atoms with Crippen molar-refractivity contribution in [3.05, 3.63) is 31.9 Å². The summed E-state index contributed by atoms with van der Waals surface area (Å²) in [5.74, 6) is 0. The van der Waals surface area contributed by atoms with Gasteiger partial charge in [-0.25, -0.2) is 0 Å². The fourth-order valence-electron chi connectivity index (χ4n) is 0. The van der Waals surface area contributed by atoms with E-state index in [1.807, 2.05) is 0 Å². The van der Waals surface area contributed by atoms with Gasteiger partial charge in [0.2, 0.25) is 0 Å². The van der Waals surface area contributed by atoms with Gasteiger partial charge < -0.3 is 22.1 Å². The number of rotatable bonds is 0. The van der Waals surface area contributed by atoms with Crippen molar-refractivity contribution in [2.75, 3.05) is 0 Å². The summed E-state index contributed by atoms with van der Waals surface area (Å²) in [6.07, 6.45) is 0. The molecule has 0 aliphatic rings. The zero-order valence-corrected chi connectivity index (χ0v) is 8.89. The molecule has 0 aromatic rings. The first-order chi connectivity index (χ1) is 2.83. The third kappa shape index (κ3) is 355. The Morgan fingerprint density at radius 2 is 0.714 bits per heavy atom. The van der Waals surface area contributed by atoms with Crippen LogP contribution in [0.2, 0.25) is 0 Å². The molecule has 0 saturated carbocycles. The monoisotopic (exact) mass is 286 g/mol. The third-order valence-electron chi connectivity index (χ3n) is 0. The van der Waals surface area contributed by atoms with E-state index >= 15 is 0 Å². The Labute approximate surface area is 59.9 Å². The van der Waals surface area contributed by atoms with Gasteiger partial charge >= 0.3 is 27.7 Å². The van der Waals surface area contributed by atoms with Gasteiger partial charge in [0.1, 0.15) is 0 Å². The van der Waals surface area contributed by atoms with Gasteiger partial charge in [-0.3, -0.25) is 9.82 Å². The molecule has 7 heavy (non-hydrogen) atoms. The molecule has 6 nitrogen and oxygen atoms in total. The van der Waals surface area contributed by atoms with Crippen molar-refractivity contribution < 1.29 is 27.7 Å². The van der Waals surface area contributed by atoms with Crippen molar-refractivity contribution in [3.63, 3.8) is 0 Å². The van der Waals surface area contributed by atoms with E-state index in [0.29, 0.717) is 0 Å². The predicted molar refractivity (Wildman–Crippen MR) is 20.2 cm³/mol. The van der Waals surface area contributed by atoms with E-state index in [-0.39, 0.29) is 27.7 Å². The molecule has 0 aromatic carbocycles. The molecule has 0 unspecified atom stereocenters. The average molecular weight is 285 g/mol. The summed E-state index contributed by atoms with van der Waals surface area (Å²) >= 11 is 0. The second-order valence-electron chi connectivity index (χ2n) is 0.179. The Bertz CT molecular complexity index is 58.2. The fourth-order valence-corrected chi connectivity index (χ4v) is 0. The first-order valence-electron chi connectivity index (χ1n) is 0.800. The standard InChI is InChI=1S/Hg.2N3/c;2*1-3-2/q+1;2*-1. The van der Waals surface area contributed by atoms with Crippen molar-refractivity contribution >= 4 is 0 Å². The minimum absolute atomic E-state index is 0. The van der Waals surface area contributed by atoms with Gasteiger partial charge in [0.15, 0.2) is 0 Å². The number of hydrogen-bond acceptors (Lipinski definition) is 0. The van der Waals surface area contributed by atoms with Gasteiger partial charge in [0.05, 0.1) is 0 Å². The van der Waals surface area contributed by atoms with Crippen molar-refractivity contribution in [2.45, 2.75) is 0 Å². The van der Waals surface area contributed by atoms with E-state index in [1.165, 1.54) is 9.82 Å². The molecule has 7 heteroatoms. The molecule has 0 bridgehead atoms. The SMILES string of the molecule is [Hg+].[N-]=[N+]=[N-].[N-]=[N+]=[N-]. The molecule has 0 aliphatic heterocycles. The molecule has 1 radical (unpaired) electrons. The summed E-state index contributed by atoms with van der Waals surface area (Å²) < 4.78 is 0. The minimum atomic E-state index is 0. The maximum atomic E-state index is 6.75. The molecule has 0 heterocycles. The van der Waals surface area contributed by atoms with Gasteiger partial charge in [0.25, 0.3) is 0 Å². The van der Waals surface area contributed by atoms with E-state index in [2.05, 4.69) is 0 Å². The van der Waals surface area contributed by atoms with Crippen LogP contribution in [-0.4, -0.2) is 0 Å². The third-order valence-corrected chi connectivity index (χ3v) is 0. The second kappa shape index (κ2) is 47.7. The molecular formula is HgN6-. The number of hydrogen-bond donors (Lipinski definition) is 0. The molecule has 0 aromatic heterocycles. The van der Waals surface area contributed by atoms with Gasteiger partial charge in [0, 0.05) is 0 Å². The van der Waals surface area contributed by atoms with Gasteiger partial charge in [-0.05, 0) is 0 Å². The smallest absolute Gasteiger partial charge is 0.373 e. The first kappa shape index (κ1) is 16.0. The molecule has 33 valence electrons. The van der Waals surface area contributed by atoms with E-state index in [0.717, 1.165) is 0 Å². The van der Waals surface area contributed by atoms with Crippen LogP contribution in [0.1, 0.15) is 0 Å². The molecule has 0 atom stereocenters. The topological polar surface area (TPSA) is 117 Å². The van der Waals surface area contributed by atoms with Gasteiger partial charge in [-0.15, -0.1) is 0 Å². The van der Waals surface area contributed by atoms with Crippen LogP contribution in [-0.2, 0) is 27.7 Å². The zero-order chi connectivity index (χ0) is 5.41. The first-order valence-corrected chi connectivity index (χ1v) is 0.800. The summed E-state index contributed by atoms with van der Waals surface area (Å²) in [7, 11) is 0. The van der Waals surface area contributed by atoms with Crippen LogP contribution in [0.25, 0.3) is 31.9 Å². The van der Waals surface area contributed by atoms with Gasteiger partial charge in [-0.1, -0.05) is 0 Å². The van der Waals surface area contributed by atoms with Gasteiger partial charge in [-0.2, -0.15) is 0 Å². The summed E-state index contributed by atoms with van der Waals surface area (Å²) in [5.41, 5.74) is 27.0. The van der Waals surface area contributed by atoms with Crippen molar-refractivity contribution in [1.82, 2.24) is 0 Å². The van der Waals surface area contributed by atoms with Crippen LogP contribution < -0.4 is 0 Å². The predicted octanol–water partition coefficient (Wildman–Crippen LogP) is 1.73. The van der Waals surface area contributed by atoms with Crippen LogP contribution in [0.15, 0.2) is 0 Å². The normalized spacial score (nSPS) is 2.29. The van der Waals surface area contributed by atoms with E-state index in [1.54, 1.807) is 0 Å². The Kier molecular flexibility index (Phi) is 109. The van der Waals surface area contributed by atoms with Crippen molar-refractivity contribution in [2.24, 2.45) is 0 Å². The van der Waals surface area contributed by atoms with Crippen LogP contribution >= 0.6 is 0 Å². The molecule has 0 spiro atoms.